The second-order valence-corrected chi connectivity index (χ2v) is 4.59. The van der Waals surface area contributed by atoms with Crippen molar-refractivity contribution in [1.29, 1.82) is 0 Å². The topological polar surface area (TPSA) is 66.8 Å². The minimum absolute atomic E-state index is 0.0539. The van der Waals surface area contributed by atoms with Crippen molar-refractivity contribution in [3.8, 4) is 17.2 Å². The van der Waals surface area contributed by atoms with Gasteiger partial charge in [0.15, 0.2) is 17.3 Å². The number of phenols is 2. The van der Waals surface area contributed by atoms with Crippen LogP contribution in [0.2, 0.25) is 0 Å². The number of rotatable bonds is 5. The van der Waals surface area contributed by atoms with E-state index in [0.29, 0.717) is 5.75 Å². The molecule has 22 heavy (non-hydrogen) atoms. The number of ketones is 1. The van der Waals surface area contributed by atoms with Crippen molar-refractivity contribution < 1.29 is 19.7 Å². The fourth-order valence-electron chi connectivity index (χ4n) is 1.80. The van der Waals surface area contributed by atoms with Crippen LogP contribution in [-0.2, 0) is 4.79 Å². The molecular formula is C18H16O4. The number of hydrogen-bond acceptors (Lipinski definition) is 4. The van der Waals surface area contributed by atoms with Gasteiger partial charge >= 0.3 is 0 Å². The lowest BCUT2D eigenvalue weighted by atomic mass is 10.1. The second kappa shape index (κ2) is 7.13. The number of carbonyl (C=O) groups is 1. The lowest BCUT2D eigenvalue weighted by Crippen LogP contribution is -1.86. The van der Waals surface area contributed by atoms with Crippen molar-refractivity contribution in [2.75, 3.05) is 7.11 Å². The molecule has 0 saturated heterocycles. The predicted molar refractivity (Wildman–Crippen MR) is 85.8 cm³/mol. The molecule has 0 heterocycles. The van der Waals surface area contributed by atoms with Gasteiger partial charge < -0.3 is 14.9 Å². The molecule has 2 rings (SSSR count). The van der Waals surface area contributed by atoms with Gasteiger partial charge in [-0.05, 0) is 47.5 Å². The number of carbonyl (C=O) groups excluding carboxylic acids is 1. The summed E-state index contributed by atoms with van der Waals surface area (Å²) in [7, 11) is 1.47. The minimum atomic E-state index is -0.167. The van der Waals surface area contributed by atoms with Crippen molar-refractivity contribution >= 4 is 17.9 Å². The number of aromatic hydroxyl groups is 2. The van der Waals surface area contributed by atoms with E-state index in [2.05, 4.69) is 0 Å². The van der Waals surface area contributed by atoms with Crippen LogP contribution < -0.4 is 4.74 Å². The third-order valence-electron chi connectivity index (χ3n) is 2.98. The van der Waals surface area contributed by atoms with E-state index in [0.717, 1.165) is 11.1 Å². The summed E-state index contributed by atoms with van der Waals surface area (Å²) >= 11 is 0. The highest BCUT2D eigenvalue weighted by molar-refractivity contribution is 6.04. The van der Waals surface area contributed by atoms with E-state index in [1.165, 1.54) is 25.3 Å². The van der Waals surface area contributed by atoms with Crippen molar-refractivity contribution in [3.05, 3.63) is 65.7 Å². The molecule has 0 bridgehead atoms. The van der Waals surface area contributed by atoms with Crippen LogP contribution in [0.5, 0.6) is 17.2 Å². The Morgan fingerprint density at radius 3 is 2.18 bits per heavy atom. The summed E-state index contributed by atoms with van der Waals surface area (Å²) in [5.41, 5.74) is 1.58. The maximum Gasteiger partial charge on any atom is 0.178 e. The summed E-state index contributed by atoms with van der Waals surface area (Å²) in [5.74, 6) is 0.428. The van der Waals surface area contributed by atoms with Gasteiger partial charge in [-0.2, -0.15) is 0 Å². The number of hydrogen-bond donors (Lipinski definition) is 2. The molecule has 2 aromatic rings. The summed E-state index contributed by atoms with van der Waals surface area (Å²) in [6.45, 7) is 0. The SMILES string of the molecule is COc1cc(/C=C\C(=O)/C=C\c2ccc(O)cc2)ccc1O. The van der Waals surface area contributed by atoms with Crippen LogP contribution in [0.1, 0.15) is 11.1 Å². The first-order chi connectivity index (χ1) is 10.6. The van der Waals surface area contributed by atoms with Crippen LogP contribution in [-0.4, -0.2) is 23.1 Å². The van der Waals surface area contributed by atoms with E-state index in [-0.39, 0.29) is 17.3 Å². The van der Waals surface area contributed by atoms with Crippen molar-refractivity contribution in [1.82, 2.24) is 0 Å². The quantitative estimate of drug-likeness (QED) is 0.830. The number of ether oxygens (including phenoxy) is 1. The molecule has 0 unspecified atom stereocenters. The van der Waals surface area contributed by atoms with Gasteiger partial charge in [-0.3, -0.25) is 4.79 Å². The Hall–Kier alpha value is -3.01. The molecule has 0 aromatic heterocycles. The van der Waals surface area contributed by atoms with Crippen molar-refractivity contribution in [2.45, 2.75) is 0 Å². The number of benzene rings is 2. The van der Waals surface area contributed by atoms with Crippen LogP contribution in [0.15, 0.2) is 54.6 Å². The molecule has 0 saturated carbocycles. The predicted octanol–water partition coefficient (Wildman–Crippen LogP) is 3.40. The first kappa shape index (κ1) is 15.4. The van der Waals surface area contributed by atoms with E-state index in [1.807, 2.05) is 0 Å². The molecule has 0 atom stereocenters. The van der Waals surface area contributed by atoms with Crippen LogP contribution >= 0.6 is 0 Å². The van der Waals surface area contributed by atoms with Gasteiger partial charge in [0.05, 0.1) is 7.11 Å². The zero-order valence-corrected chi connectivity index (χ0v) is 12.1. The molecule has 4 heteroatoms. The van der Waals surface area contributed by atoms with Crippen molar-refractivity contribution in [2.24, 2.45) is 0 Å². The fourth-order valence-corrected chi connectivity index (χ4v) is 1.80. The molecule has 2 aromatic carbocycles. The Kier molecular flexibility index (Phi) is 4.98. The van der Waals surface area contributed by atoms with E-state index < -0.39 is 0 Å². The Labute approximate surface area is 128 Å². The summed E-state index contributed by atoms with van der Waals surface area (Å²) in [5, 5.41) is 18.7. The molecule has 0 spiro atoms. The molecule has 0 amide bonds. The molecule has 0 aliphatic rings. The van der Waals surface area contributed by atoms with E-state index >= 15 is 0 Å². The third kappa shape index (κ3) is 4.24. The Bertz CT molecular complexity index is 712. The molecule has 2 N–H and O–H groups in total. The zero-order valence-electron chi connectivity index (χ0n) is 12.1. The molecular weight excluding hydrogens is 280 g/mol. The van der Waals surface area contributed by atoms with Gasteiger partial charge in [-0.15, -0.1) is 0 Å². The normalized spacial score (nSPS) is 11.1. The average Bonchev–Trinajstić information content (AvgIpc) is 2.53. The second-order valence-electron chi connectivity index (χ2n) is 4.59. The highest BCUT2D eigenvalue weighted by Gasteiger charge is 2.00. The molecule has 0 aliphatic heterocycles. The Morgan fingerprint density at radius 2 is 1.55 bits per heavy atom. The maximum atomic E-state index is 11.8. The highest BCUT2D eigenvalue weighted by atomic mass is 16.5. The Balaban J connectivity index is 2.03. The van der Waals surface area contributed by atoms with Gasteiger partial charge in [-0.1, -0.05) is 30.4 Å². The smallest absolute Gasteiger partial charge is 0.178 e. The first-order valence-electron chi connectivity index (χ1n) is 6.64. The largest absolute Gasteiger partial charge is 0.508 e. The van der Waals surface area contributed by atoms with E-state index in [4.69, 9.17) is 4.74 Å². The van der Waals surface area contributed by atoms with Gasteiger partial charge in [0.1, 0.15) is 5.75 Å². The first-order valence-corrected chi connectivity index (χ1v) is 6.64. The summed E-state index contributed by atoms with van der Waals surface area (Å²) in [6.07, 6.45) is 6.19. The number of phenolic OH excluding ortho intramolecular Hbond substituents is 2. The van der Waals surface area contributed by atoms with Gasteiger partial charge in [-0.25, -0.2) is 0 Å². The summed E-state index contributed by atoms with van der Waals surface area (Å²) < 4.78 is 5.00. The zero-order chi connectivity index (χ0) is 15.9. The molecule has 112 valence electrons. The standard InChI is InChI=1S/C18H16O4/c1-22-18-12-14(6-11-17(18)21)5-10-16(20)9-4-13-2-7-15(19)8-3-13/h2-12,19,21H,1H3/b9-4-,10-5-. The summed E-state index contributed by atoms with van der Waals surface area (Å²) in [6, 6.07) is 11.4. The fraction of sp³-hybridized carbons (Fsp3) is 0.0556. The number of methoxy groups -OCH3 is 1. The van der Waals surface area contributed by atoms with E-state index in [1.54, 1.807) is 48.6 Å². The third-order valence-corrected chi connectivity index (χ3v) is 2.98. The van der Waals surface area contributed by atoms with Crippen LogP contribution in [0.4, 0.5) is 0 Å². The molecule has 0 fully saturated rings. The van der Waals surface area contributed by atoms with Crippen LogP contribution in [0.25, 0.3) is 12.2 Å². The summed E-state index contributed by atoms with van der Waals surface area (Å²) in [4.78, 5) is 11.8. The monoisotopic (exact) mass is 296 g/mol. The van der Waals surface area contributed by atoms with E-state index in [9.17, 15) is 15.0 Å². The van der Waals surface area contributed by atoms with Crippen LogP contribution in [0.3, 0.4) is 0 Å². The van der Waals surface area contributed by atoms with Crippen molar-refractivity contribution in [3.63, 3.8) is 0 Å². The lowest BCUT2D eigenvalue weighted by Gasteiger charge is -2.03. The average molecular weight is 296 g/mol. The highest BCUT2D eigenvalue weighted by Crippen LogP contribution is 2.26. The maximum absolute atomic E-state index is 11.8. The lowest BCUT2D eigenvalue weighted by molar-refractivity contribution is -0.110. The Morgan fingerprint density at radius 1 is 0.955 bits per heavy atom. The molecule has 0 aliphatic carbocycles. The molecule has 4 nitrogen and oxygen atoms in total. The van der Waals surface area contributed by atoms with Gasteiger partial charge in [0, 0.05) is 0 Å². The van der Waals surface area contributed by atoms with Crippen LogP contribution in [0, 0.1) is 0 Å². The van der Waals surface area contributed by atoms with Gasteiger partial charge in [0.25, 0.3) is 0 Å². The number of allylic oxidation sites excluding steroid dienone is 2. The van der Waals surface area contributed by atoms with Gasteiger partial charge in [0.2, 0.25) is 0 Å². The molecule has 0 radical (unpaired) electrons. The minimum Gasteiger partial charge on any atom is -0.508 e.